The Morgan fingerprint density at radius 1 is 1.41 bits per heavy atom. The van der Waals surface area contributed by atoms with E-state index in [1.165, 1.54) is 12.1 Å². The van der Waals surface area contributed by atoms with Crippen LogP contribution in [-0.4, -0.2) is 17.3 Å². The Balaban J connectivity index is 2.94. The predicted octanol–water partition coefficient (Wildman–Crippen LogP) is 3.97. The maximum atomic E-state index is 12.3. The molecule has 0 aliphatic rings. The molecule has 0 bridgehead atoms. The molecule has 2 nitrogen and oxygen atoms in total. The highest BCUT2D eigenvalue weighted by Gasteiger charge is 2.29. The Morgan fingerprint density at radius 2 is 1.94 bits per heavy atom. The Morgan fingerprint density at radius 3 is 2.35 bits per heavy atom. The van der Waals surface area contributed by atoms with Crippen molar-refractivity contribution in [2.24, 2.45) is 0 Å². The Hall–Kier alpha value is -1.56. The van der Waals surface area contributed by atoms with E-state index >= 15 is 0 Å². The normalized spacial score (nSPS) is 12.6. The molecule has 0 saturated carbocycles. The fourth-order valence-electron chi connectivity index (χ4n) is 1.04. The second kappa shape index (κ2) is 4.75. The van der Waals surface area contributed by atoms with Gasteiger partial charge in [0.25, 0.3) is 0 Å². The van der Waals surface area contributed by atoms with Crippen molar-refractivity contribution in [1.82, 2.24) is 0 Å². The molecular formula is C11H9F3O2S. The van der Waals surface area contributed by atoms with Gasteiger partial charge in [0, 0.05) is 10.5 Å². The van der Waals surface area contributed by atoms with E-state index in [1.807, 2.05) is 0 Å². The summed E-state index contributed by atoms with van der Waals surface area (Å²) in [5.41, 5.74) is -0.620. The number of halogens is 3. The molecule has 1 rings (SSSR count). The molecule has 1 aromatic heterocycles. The first kappa shape index (κ1) is 13.5. The van der Waals surface area contributed by atoms with Crippen LogP contribution in [0.2, 0.25) is 0 Å². The zero-order valence-electron chi connectivity index (χ0n) is 8.84. The van der Waals surface area contributed by atoms with Gasteiger partial charge in [0.1, 0.15) is 4.88 Å². The van der Waals surface area contributed by atoms with Crippen molar-refractivity contribution in [2.75, 3.05) is 0 Å². The maximum absolute atomic E-state index is 12.3. The molecule has 0 fully saturated rings. The number of allylic oxidation sites excluding steroid dienone is 3. The molecule has 0 amide bonds. The number of carboxylic acid groups (broad SMARTS) is 1. The number of carboxylic acids is 1. The quantitative estimate of drug-likeness (QED) is 0.837. The van der Waals surface area contributed by atoms with E-state index in [-0.39, 0.29) is 10.5 Å². The first-order chi connectivity index (χ1) is 7.71. The monoisotopic (exact) mass is 262 g/mol. The van der Waals surface area contributed by atoms with Crippen LogP contribution < -0.4 is 0 Å². The number of rotatable bonds is 3. The zero-order valence-corrected chi connectivity index (χ0v) is 9.65. The van der Waals surface area contributed by atoms with Gasteiger partial charge in [0.2, 0.25) is 0 Å². The minimum absolute atomic E-state index is 0.0687. The summed E-state index contributed by atoms with van der Waals surface area (Å²) in [4.78, 5) is 11.1. The van der Waals surface area contributed by atoms with Gasteiger partial charge in [0.15, 0.2) is 0 Å². The molecule has 0 spiro atoms. The van der Waals surface area contributed by atoms with Crippen molar-refractivity contribution < 1.29 is 23.1 Å². The lowest BCUT2D eigenvalue weighted by atomic mass is 10.1. The van der Waals surface area contributed by atoms with Crippen LogP contribution >= 0.6 is 11.3 Å². The molecule has 17 heavy (non-hydrogen) atoms. The second-order valence-corrected chi connectivity index (χ2v) is 4.40. The van der Waals surface area contributed by atoms with Crippen molar-refractivity contribution in [3.63, 3.8) is 0 Å². The van der Waals surface area contributed by atoms with Crippen LogP contribution in [0, 0.1) is 0 Å². The van der Waals surface area contributed by atoms with Crippen molar-refractivity contribution >= 4 is 22.9 Å². The smallest absolute Gasteiger partial charge is 0.412 e. The van der Waals surface area contributed by atoms with Gasteiger partial charge in [0.05, 0.1) is 0 Å². The lowest BCUT2D eigenvalue weighted by Gasteiger charge is -2.06. The van der Waals surface area contributed by atoms with Crippen LogP contribution in [-0.2, 0) is 0 Å². The number of thiophene rings is 1. The Kier molecular flexibility index (Phi) is 3.77. The molecule has 0 aliphatic heterocycles. The number of aromatic carboxylic acids is 1. The minimum atomic E-state index is -4.39. The molecule has 92 valence electrons. The molecule has 0 unspecified atom stereocenters. The van der Waals surface area contributed by atoms with Gasteiger partial charge in [-0.2, -0.15) is 13.2 Å². The SMILES string of the molecule is C=C(/C=C(\C)C(F)(F)F)c1ccc(C(=O)O)s1. The van der Waals surface area contributed by atoms with Crippen molar-refractivity contribution in [2.45, 2.75) is 13.1 Å². The van der Waals surface area contributed by atoms with Crippen molar-refractivity contribution in [3.8, 4) is 0 Å². The largest absolute Gasteiger partial charge is 0.477 e. The van der Waals surface area contributed by atoms with Gasteiger partial charge < -0.3 is 5.11 Å². The van der Waals surface area contributed by atoms with Gasteiger partial charge in [-0.3, -0.25) is 0 Å². The molecule has 0 saturated heterocycles. The fraction of sp³-hybridized carbons (Fsp3) is 0.182. The van der Waals surface area contributed by atoms with Gasteiger partial charge in [-0.25, -0.2) is 4.79 Å². The van der Waals surface area contributed by atoms with Crippen molar-refractivity contribution in [1.29, 1.82) is 0 Å². The zero-order chi connectivity index (χ0) is 13.2. The van der Waals surface area contributed by atoms with E-state index in [1.54, 1.807) is 0 Å². The highest BCUT2D eigenvalue weighted by atomic mass is 32.1. The Bertz CT molecular complexity index is 483. The third kappa shape index (κ3) is 3.45. The molecule has 0 aromatic carbocycles. The van der Waals surface area contributed by atoms with E-state index in [0.29, 0.717) is 4.88 Å². The van der Waals surface area contributed by atoms with E-state index in [2.05, 4.69) is 6.58 Å². The van der Waals surface area contributed by atoms with Crippen molar-refractivity contribution in [3.05, 3.63) is 40.1 Å². The van der Waals surface area contributed by atoms with Crippen LogP contribution in [0.15, 0.2) is 30.4 Å². The van der Waals surface area contributed by atoms with Gasteiger partial charge in [-0.15, -0.1) is 11.3 Å². The molecule has 1 aromatic rings. The lowest BCUT2D eigenvalue weighted by Crippen LogP contribution is -2.08. The van der Waals surface area contributed by atoms with Gasteiger partial charge >= 0.3 is 12.1 Å². The highest BCUT2D eigenvalue weighted by Crippen LogP contribution is 2.30. The Labute approximate surface area is 99.7 Å². The standard InChI is InChI=1S/C11H9F3O2S/c1-6(5-7(2)11(12,13)14)8-3-4-9(17-8)10(15)16/h3-5H,1H2,2H3,(H,15,16)/b7-5+. The number of alkyl halides is 3. The third-order valence-corrected chi connectivity index (χ3v) is 3.12. The minimum Gasteiger partial charge on any atom is -0.477 e. The summed E-state index contributed by atoms with van der Waals surface area (Å²) in [6, 6.07) is 2.78. The molecule has 0 atom stereocenters. The fourth-order valence-corrected chi connectivity index (χ4v) is 1.83. The number of carbonyl (C=O) groups is 1. The number of hydrogen-bond donors (Lipinski definition) is 1. The second-order valence-electron chi connectivity index (χ2n) is 3.32. The summed E-state index contributed by atoms with van der Waals surface area (Å²) in [7, 11) is 0. The van der Waals surface area contributed by atoms with E-state index < -0.39 is 17.7 Å². The molecule has 1 heterocycles. The van der Waals surface area contributed by atoms with E-state index in [4.69, 9.17) is 5.11 Å². The van der Waals surface area contributed by atoms with Crippen LogP contribution in [0.3, 0.4) is 0 Å². The summed E-state index contributed by atoms with van der Waals surface area (Å²) >= 11 is 0.891. The van der Waals surface area contributed by atoms with Gasteiger partial charge in [-0.1, -0.05) is 6.58 Å². The molecule has 6 heteroatoms. The summed E-state index contributed by atoms with van der Waals surface area (Å²) in [5.74, 6) is -1.11. The van der Waals surface area contributed by atoms with E-state index in [0.717, 1.165) is 24.3 Å². The molecule has 1 N–H and O–H groups in total. The first-order valence-electron chi connectivity index (χ1n) is 4.49. The predicted molar refractivity (Wildman–Crippen MR) is 60.1 cm³/mol. The van der Waals surface area contributed by atoms with Crippen LogP contribution in [0.5, 0.6) is 0 Å². The summed E-state index contributed by atoms with van der Waals surface area (Å²) in [6.07, 6.45) is -3.49. The van der Waals surface area contributed by atoms with Crippen LogP contribution in [0.1, 0.15) is 21.5 Å². The molecular weight excluding hydrogens is 253 g/mol. The summed E-state index contributed by atoms with van der Waals surface area (Å²) < 4.78 is 36.8. The highest BCUT2D eigenvalue weighted by molar-refractivity contribution is 7.15. The van der Waals surface area contributed by atoms with Crippen LogP contribution in [0.25, 0.3) is 5.57 Å². The topological polar surface area (TPSA) is 37.3 Å². The summed E-state index contributed by atoms with van der Waals surface area (Å²) in [6.45, 7) is 4.43. The summed E-state index contributed by atoms with van der Waals surface area (Å²) in [5, 5.41) is 8.68. The molecule has 0 aliphatic carbocycles. The maximum Gasteiger partial charge on any atom is 0.412 e. The first-order valence-corrected chi connectivity index (χ1v) is 5.31. The lowest BCUT2D eigenvalue weighted by molar-refractivity contribution is -0.0912. The number of hydrogen-bond acceptors (Lipinski definition) is 2. The molecule has 0 radical (unpaired) electrons. The van der Waals surface area contributed by atoms with Crippen LogP contribution in [0.4, 0.5) is 13.2 Å². The van der Waals surface area contributed by atoms with Gasteiger partial charge in [-0.05, 0) is 30.7 Å². The average Bonchev–Trinajstić information content (AvgIpc) is 2.64. The average molecular weight is 262 g/mol. The third-order valence-electron chi connectivity index (χ3n) is 1.97. The van der Waals surface area contributed by atoms with E-state index in [9.17, 15) is 18.0 Å².